The fraction of sp³-hybridized carbons (Fsp3) is 0.391. The fourth-order valence-corrected chi connectivity index (χ4v) is 3.50. The van der Waals surface area contributed by atoms with Crippen LogP contribution in [0, 0.1) is 5.82 Å². The third-order valence-electron chi connectivity index (χ3n) is 4.45. The van der Waals surface area contributed by atoms with Crippen LogP contribution in [0.4, 0.5) is 4.39 Å². The number of nitrogens with one attached hydrogen (secondary N) is 1. The third kappa shape index (κ3) is 7.40. The van der Waals surface area contributed by atoms with Crippen molar-refractivity contribution in [3.8, 4) is 5.75 Å². The van der Waals surface area contributed by atoms with Gasteiger partial charge in [-0.3, -0.25) is 9.59 Å². The number of benzene rings is 2. The Kier molecular flexibility index (Phi) is 8.71. The zero-order chi connectivity index (χ0) is 23.2. The van der Waals surface area contributed by atoms with Crippen molar-refractivity contribution in [2.75, 3.05) is 6.61 Å². The van der Waals surface area contributed by atoms with Crippen LogP contribution in [0.25, 0.3) is 0 Å². The number of nitrogens with zero attached hydrogens (tertiary/aromatic N) is 1. The van der Waals surface area contributed by atoms with Crippen molar-refractivity contribution in [3.63, 3.8) is 0 Å². The zero-order valence-electron chi connectivity index (χ0n) is 18.0. The van der Waals surface area contributed by atoms with Gasteiger partial charge in [-0.15, -0.1) is 0 Å². The highest BCUT2D eigenvalue weighted by Gasteiger charge is 2.31. The highest BCUT2D eigenvalue weighted by Crippen LogP contribution is 2.27. The molecule has 0 bridgehead atoms. The predicted octanol–water partition coefficient (Wildman–Crippen LogP) is 5.23. The van der Waals surface area contributed by atoms with Gasteiger partial charge in [-0.05, 0) is 63.6 Å². The topological polar surface area (TPSA) is 58.6 Å². The molecule has 0 aliphatic heterocycles. The lowest BCUT2D eigenvalue weighted by molar-refractivity contribution is -0.143. The number of carbonyl (C=O) groups is 2. The average molecular weight is 469 g/mol. The van der Waals surface area contributed by atoms with E-state index in [1.54, 1.807) is 18.2 Å². The minimum absolute atomic E-state index is 0.0419. The lowest BCUT2D eigenvalue weighted by atomic mass is 10.1. The van der Waals surface area contributed by atoms with Gasteiger partial charge in [-0.1, -0.05) is 36.2 Å². The monoisotopic (exact) mass is 468 g/mol. The quantitative estimate of drug-likeness (QED) is 0.576. The molecule has 0 heterocycles. The molecule has 0 saturated carbocycles. The molecule has 0 spiro atoms. The maximum absolute atomic E-state index is 13.1. The van der Waals surface area contributed by atoms with Crippen LogP contribution in [0.1, 0.15) is 39.7 Å². The van der Waals surface area contributed by atoms with Crippen LogP contribution in [0.5, 0.6) is 5.75 Å². The average Bonchev–Trinajstić information content (AvgIpc) is 2.68. The van der Waals surface area contributed by atoms with Crippen molar-refractivity contribution in [1.82, 2.24) is 10.2 Å². The maximum atomic E-state index is 13.1. The number of halogens is 3. The van der Waals surface area contributed by atoms with Crippen LogP contribution < -0.4 is 10.1 Å². The van der Waals surface area contributed by atoms with Crippen LogP contribution in [0.3, 0.4) is 0 Å². The molecular weight excluding hydrogens is 442 g/mol. The molecule has 0 saturated heterocycles. The van der Waals surface area contributed by atoms with Crippen LogP contribution in [-0.4, -0.2) is 34.9 Å². The summed E-state index contributed by atoms with van der Waals surface area (Å²) in [4.78, 5) is 27.5. The molecule has 0 aliphatic carbocycles. The van der Waals surface area contributed by atoms with E-state index in [9.17, 15) is 14.0 Å². The van der Waals surface area contributed by atoms with E-state index >= 15 is 0 Å². The van der Waals surface area contributed by atoms with E-state index in [1.807, 2.05) is 27.7 Å². The molecule has 0 unspecified atom stereocenters. The summed E-state index contributed by atoms with van der Waals surface area (Å²) in [6, 6.07) is 9.66. The molecule has 2 aromatic carbocycles. The second-order valence-corrected chi connectivity index (χ2v) is 8.94. The first kappa shape index (κ1) is 25.0. The first-order valence-electron chi connectivity index (χ1n) is 9.94. The minimum Gasteiger partial charge on any atom is -0.484 e. The normalized spacial score (nSPS) is 12.2. The molecule has 0 fully saturated rings. The van der Waals surface area contributed by atoms with Crippen molar-refractivity contribution in [2.45, 2.75) is 52.2 Å². The van der Waals surface area contributed by atoms with E-state index in [4.69, 9.17) is 27.9 Å². The SMILES string of the molecule is CC[C@@H](C(=O)NC(C)(C)C)N(Cc1c(Cl)cccc1Cl)C(=O)COc1ccc(F)cc1. The number of rotatable bonds is 8. The lowest BCUT2D eigenvalue weighted by Gasteiger charge is -2.33. The molecule has 1 N–H and O–H groups in total. The van der Waals surface area contributed by atoms with Crippen LogP contribution in [-0.2, 0) is 16.1 Å². The van der Waals surface area contributed by atoms with Gasteiger partial charge in [0.15, 0.2) is 6.61 Å². The number of ether oxygens (including phenoxy) is 1. The standard InChI is InChI=1S/C23H27Cl2FN2O3/c1-5-20(22(30)27-23(2,3)4)28(13-17-18(24)7-6-8-19(17)25)21(29)14-31-16-11-9-15(26)10-12-16/h6-12,20H,5,13-14H2,1-4H3,(H,27,30)/t20-/m0/s1. The number of amides is 2. The molecule has 2 rings (SSSR count). The largest absolute Gasteiger partial charge is 0.484 e. The van der Waals surface area contributed by atoms with Gasteiger partial charge in [0.05, 0.1) is 0 Å². The van der Waals surface area contributed by atoms with Crippen molar-refractivity contribution in [1.29, 1.82) is 0 Å². The summed E-state index contributed by atoms with van der Waals surface area (Å²) in [6.07, 6.45) is 0.381. The first-order chi connectivity index (χ1) is 14.5. The van der Waals surface area contributed by atoms with Crippen LogP contribution >= 0.6 is 23.2 Å². The molecular formula is C23H27Cl2FN2O3. The van der Waals surface area contributed by atoms with Gasteiger partial charge < -0.3 is 15.0 Å². The van der Waals surface area contributed by atoms with Gasteiger partial charge in [0.25, 0.3) is 5.91 Å². The Morgan fingerprint density at radius 2 is 1.68 bits per heavy atom. The van der Waals surface area contributed by atoms with E-state index in [2.05, 4.69) is 5.32 Å². The number of hydrogen-bond acceptors (Lipinski definition) is 3. The van der Waals surface area contributed by atoms with Gasteiger partial charge in [-0.2, -0.15) is 0 Å². The lowest BCUT2D eigenvalue weighted by Crippen LogP contribution is -2.54. The summed E-state index contributed by atoms with van der Waals surface area (Å²) in [5.41, 5.74) is 0.0780. The highest BCUT2D eigenvalue weighted by molar-refractivity contribution is 6.36. The van der Waals surface area contributed by atoms with E-state index in [1.165, 1.54) is 29.2 Å². The Labute approximate surface area is 192 Å². The second-order valence-electron chi connectivity index (χ2n) is 8.13. The summed E-state index contributed by atoms with van der Waals surface area (Å²) in [7, 11) is 0. The molecule has 2 amide bonds. The molecule has 5 nitrogen and oxygen atoms in total. The Bertz CT molecular complexity index is 894. The van der Waals surface area contributed by atoms with Gasteiger partial charge >= 0.3 is 0 Å². The van der Waals surface area contributed by atoms with E-state index in [-0.39, 0.29) is 19.1 Å². The van der Waals surface area contributed by atoms with Crippen molar-refractivity contribution in [3.05, 3.63) is 63.9 Å². The van der Waals surface area contributed by atoms with Gasteiger partial charge in [-0.25, -0.2) is 4.39 Å². The Balaban J connectivity index is 2.29. The second kappa shape index (κ2) is 10.8. The molecule has 31 heavy (non-hydrogen) atoms. The molecule has 0 aliphatic rings. The third-order valence-corrected chi connectivity index (χ3v) is 5.16. The van der Waals surface area contributed by atoms with E-state index in [0.717, 1.165) is 0 Å². The number of hydrogen-bond donors (Lipinski definition) is 1. The molecule has 0 radical (unpaired) electrons. The Morgan fingerprint density at radius 3 is 2.19 bits per heavy atom. The predicted molar refractivity (Wildman–Crippen MR) is 121 cm³/mol. The summed E-state index contributed by atoms with van der Waals surface area (Å²) in [6.45, 7) is 7.14. The number of carbonyl (C=O) groups excluding carboxylic acids is 2. The first-order valence-corrected chi connectivity index (χ1v) is 10.7. The Morgan fingerprint density at radius 1 is 1.10 bits per heavy atom. The smallest absolute Gasteiger partial charge is 0.261 e. The molecule has 0 aromatic heterocycles. The van der Waals surface area contributed by atoms with Crippen LogP contribution in [0.15, 0.2) is 42.5 Å². The molecule has 8 heteroatoms. The Hall–Kier alpha value is -2.31. The molecule has 168 valence electrons. The van der Waals surface area contributed by atoms with Crippen molar-refractivity contribution in [2.24, 2.45) is 0 Å². The summed E-state index contributed by atoms with van der Waals surface area (Å²) in [5.74, 6) is -0.763. The van der Waals surface area contributed by atoms with E-state index < -0.39 is 23.3 Å². The minimum atomic E-state index is -0.754. The highest BCUT2D eigenvalue weighted by atomic mass is 35.5. The van der Waals surface area contributed by atoms with Gasteiger partial charge in [0.1, 0.15) is 17.6 Å². The molecule has 2 aromatic rings. The van der Waals surface area contributed by atoms with Gasteiger partial charge in [0, 0.05) is 27.7 Å². The maximum Gasteiger partial charge on any atom is 0.261 e. The molecule has 1 atom stereocenters. The summed E-state index contributed by atoms with van der Waals surface area (Å²) in [5, 5.41) is 3.72. The van der Waals surface area contributed by atoms with Crippen molar-refractivity contribution < 1.29 is 18.7 Å². The van der Waals surface area contributed by atoms with Crippen LogP contribution in [0.2, 0.25) is 10.0 Å². The summed E-state index contributed by atoms with van der Waals surface area (Å²) >= 11 is 12.6. The van der Waals surface area contributed by atoms with Gasteiger partial charge in [0.2, 0.25) is 5.91 Å². The fourth-order valence-electron chi connectivity index (χ4n) is 2.98. The zero-order valence-corrected chi connectivity index (χ0v) is 19.6. The van der Waals surface area contributed by atoms with Crippen molar-refractivity contribution >= 4 is 35.0 Å². The van der Waals surface area contributed by atoms with E-state index in [0.29, 0.717) is 27.8 Å². The summed E-state index contributed by atoms with van der Waals surface area (Å²) < 4.78 is 18.6.